The van der Waals surface area contributed by atoms with Crippen LogP contribution in [0.15, 0.2) is 23.3 Å². The van der Waals surface area contributed by atoms with Crippen LogP contribution in [0.4, 0.5) is 0 Å². The van der Waals surface area contributed by atoms with E-state index in [1.807, 2.05) is 13.8 Å². The van der Waals surface area contributed by atoms with Crippen LogP contribution in [0.25, 0.3) is 0 Å². The fourth-order valence-corrected chi connectivity index (χ4v) is 1.97. The molecule has 27 heavy (non-hydrogen) atoms. The third-order valence-corrected chi connectivity index (χ3v) is 3.21. The number of primary amides is 1. The van der Waals surface area contributed by atoms with Crippen molar-refractivity contribution in [2.24, 2.45) is 10.8 Å². The molecule has 0 unspecified atom stereocenters. The minimum atomic E-state index is -0.919. The van der Waals surface area contributed by atoms with Gasteiger partial charge in [-0.2, -0.15) is 5.10 Å². The van der Waals surface area contributed by atoms with E-state index < -0.39 is 17.7 Å². The van der Waals surface area contributed by atoms with Gasteiger partial charge in [0.1, 0.15) is 5.75 Å². The Bertz CT molecular complexity index is 694. The molecule has 148 valence electrons. The van der Waals surface area contributed by atoms with Crippen molar-refractivity contribution < 1.29 is 23.9 Å². The molecule has 10 heteroatoms. The van der Waals surface area contributed by atoms with Crippen molar-refractivity contribution in [2.45, 2.75) is 26.4 Å². The van der Waals surface area contributed by atoms with Gasteiger partial charge >= 0.3 is 11.8 Å². The molecule has 0 heterocycles. The van der Waals surface area contributed by atoms with Gasteiger partial charge in [-0.3, -0.25) is 14.4 Å². The zero-order valence-electron chi connectivity index (χ0n) is 15.2. The van der Waals surface area contributed by atoms with Crippen LogP contribution < -0.4 is 21.2 Å². The van der Waals surface area contributed by atoms with E-state index >= 15 is 0 Å². The highest BCUT2D eigenvalue weighted by molar-refractivity contribution is 6.35. The molecule has 1 rings (SSSR count). The number of amides is 3. The summed E-state index contributed by atoms with van der Waals surface area (Å²) in [5.41, 5.74) is 7.53. The van der Waals surface area contributed by atoms with Crippen molar-refractivity contribution in [1.82, 2.24) is 10.7 Å². The molecule has 1 aromatic carbocycles. The van der Waals surface area contributed by atoms with Gasteiger partial charge in [0.15, 0.2) is 6.61 Å². The molecule has 0 aliphatic heterocycles. The summed E-state index contributed by atoms with van der Waals surface area (Å²) in [5.74, 6) is -2.08. The summed E-state index contributed by atoms with van der Waals surface area (Å²) >= 11 is 5.90. The van der Waals surface area contributed by atoms with Crippen molar-refractivity contribution in [1.29, 1.82) is 0 Å². The molecule has 0 atom stereocenters. The van der Waals surface area contributed by atoms with Crippen LogP contribution >= 0.6 is 11.6 Å². The molecule has 0 bridgehead atoms. The van der Waals surface area contributed by atoms with Crippen molar-refractivity contribution >= 4 is 35.5 Å². The average molecular weight is 399 g/mol. The smallest absolute Gasteiger partial charge is 0.329 e. The van der Waals surface area contributed by atoms with Gasteiger partial charge in [0, 0.05) is 23.7 Å². The number of rotatable bonds is 10. The van der Waals surface area contributed by atoms with Crippen LogP contribution in [0, 0.1) is 0 Å². The monoisotopic (exact) mass is 398 g/mol. The largest absolute Gasteiger partial charge is 0.483 e. The molecule has 0 saturated heterocycles. The lowest BCUT2D eigenvalue weighted by molar-refractivity contribution is -0.139. The lowest BCUT2D eigenvalue weighted by Gasteiger charge is -2.08. The second-order valence-electron chi connectivity index (χ2n) is 5.67. The van der Waals surface area contributed by atoms with Crippen molar-refractivity contribution in [3.63, 3.8) is 0 Å². The number of hydrazone groups is 1. The first-order valence-electron chi connectivity index (χ1n) is 8.23. The van der Waals surface area contributed by atoms with E-state index in [4.69, 9.17) is 26.8 Å². The Hall–Kier alpha value is -2.65. The van der Waals surface area contributed by atoms with Crippen molar-refractivity contribution in [3.05, 3.63) is 28.8 Å². The Kier molecular flexibility index (Phi) is 9.84. The maximum atomic E-state index is 11.7. The maximum absolute atomic E-state index is 11.7. The van der Waals surface area contributed by atoms with E-state index in [0.29, 0.717) is 35.9 Å². The number of hydrogen-bond acceptors (Lipinski definition) is 6. The van der Waals surface area contributed by atoms with Crippen LogP contribution in [0.2, 0.25) is 5.02 Å². The normalized spacial score (nSPS) is 10.8. The molecule has 1 aromatic rings. The molecule has 0 radical (unpaired) electrons. The molecule has 3 amide bonds. The first-order chi connectivity index (χ1) is 12.8. The Labute approximate surface area is 162 Å². The number of nitrogens with zero attached hydrogens (tertiary/aromatic N) is 1. The second-order valence-corrected chi connectivity index (χ2v) is 6.10. The summed E-state index contributed by atoms with van der Waals surface area (Å²) in [6.45, 7) is 4.29. The predicted molar refractivity (Wildman–Crippen MR) is 101 cm³/mol. The first-order valence-corrected chi connectivity index (χ1v) is 8.61. The van der Waals surface area contributed by atoms with E-state index in [-0.39, 0.29) is 12.7 Å². The van der Waals surface area contributed by atoms with Gasteiger partial charge in [-0.15, -0.1) is 0 Å². The molecule has 9 nitrogen and oxygen atoms in total. The number of ether oxygens (including phenoxy) is 2. The number of halogens is 1. The fourth-order valence-electron chi connectivity index (χ4n) is 1.79. The summed E-state index contributed by atoms with van der Waals surface area (Å²) in [5, 5.41) is 6.55. The van der Waals surface area contributed by atoms with Gasteiger partial charge in [-0.1, -0.05) is 11.6 Å². The number of benzene rings is 1. The van der Waals surface area contributed by atoms with E-state index in [1.165, 1.54) is 18.3 Å². The zero-order valence-corrected chi connectivity index (χ0v) is 15.9. The first kappa shape index (κ1) is 22.4. The third kappa shape index (κ3) is 9.57. The van der Waals surface area contributed by atoms with Gasteiger partial charge in [-0.05, 0) is 38.5 Å². The zero-order chi connectivity index (χ0) is 20.2. The van der Waals surface area contributed by atoms with Gasteiger partial charge in [0.05, 0.1) is 12.3 Å². The summed E-state index contributed by atoms with van der Waals surface area (Å²) in [6, 6.07) is 4.60. The van der Waals surface area contributed by atoms with Gasteiger partial charge in [0.25, 0.3) is 5.91 Å². The maximum Gasteiger partial charge on any atom is 0.329 e. The Morgan fingerprint density at radius 3 is 2.70 bits per heavy atom. The molecular formula is C17H23ClN4O5. The third-order valence-electron chi connectivity index (χ3n) is 2.98. The van der Waals surface area contributed by atoms with E-state index in [0.717, 1.165) is 0 Å². The van der Waals surface area contributed by atoms with E-state index in [2.05, 4.69) is 15.8 Å². The molecule has 0 fully saturated rings. The van der Waals surface area contributed by atoms with Crippen molar-refractivity contribution in [2.75, 3.05) is 19.8 Å². The predicted octanol–water partition coefficient (Wildman–Crippen LogP) is 0.586. The standard InChI is InChI=1S/C17H23ClN4O5/c1-11(2)26-7-3-6-20-16(24)17(25)22-21-9-12-8-13(18)4-5-14(12)27-10-15(19)23/h4-5,8-9,11H,3,6-7,10H2,1-2H3,(H2,19,23)(H,20,24)(H,22,25)/b21-9-. The van der Waals surface area contributed by atoms with Crippen LogP contribution in [-0.2, 0) is 19.1 Å². The number of carbonyl (C=O) groups is 3. The van der Waals surface area contributed by atoms with E-state index in [9.17, 15) is 14.4 Å². The minimum Gasteiger partial charge on any atom is -0.483 e. The second kappa shape index (κ2) is 11.9. The molecule has 0 aliphatic rings. The Morgan fingerprint density at radius 2 is 2.04 bits per heavy atom. The van der Waals surface area contributed by atoms with Crippen LogP contribution in [-0.4, -0.2) is 49.8 Å². The van der Waals surface area contributed by atoms with Gasteiger partial charge in [0.2, 0.25) is 0 Å². The van der Waals surface area contributed by atoms with Crippen LogP contribution in [0.1, 0.15) is 25.8 Å². The highest BCUT2D eigenvalue weighted by Crippen LogP contribution is 2.21. The minimum absolute atomic E-state index is 0.113. The highest BCUT2D eigenvalue weighted by Gasteiger charge is 2.12. The molecule has 0 saturated carbocycles. The number of nitrogens with one attached hydrogen (secondary N) is 2. The van der Waals surface area contributed by atoms with Gasteiger partial charge < -0.3 is 20.5 Å². The quantitative estimate of drug-likeness (QED) is 0.229. The summed E-state index contributed by atoms with van der Waals surface area (Å²) in [7, 11) is 0. The van der Waals surface area contributed by atoms with Crippen LogP contribution in [0.3, 0.4) is 0 Å². The molecule has 0 aromatic heterocycles. The number of carbonyl (C=O) groups excluding carboxylic acids is 3. The van der Waals surface area contributed by atoms with Crippen molar-refractivity contribution in [3.8, 4) is 5.75 Å². The molecule has 0 spiro atoms. The highest BCUT2D eigenvalue weighted by atomic mass is 35.5. The number of nitrogens with two attached hydrogens (primary N) is 1. The Balaban J connectivity index is 2.50. The van der Waals surface area contributed by atoms with Gasteiger partial charge in [-0.25, -0.2) is 5.43 Å². The molecule has 0 aliphatic carbocycles. The fraction of sp³-hybridized carbons (Fsp3) is 0.412. The SMILES string of the molecule is CC(C)OCCCNC(=O)C(=O)N/N=C\c1cc(Cl)ccc1OCC(N)=O. The average Bonchev–Trinajstić information content (AvgIpc) is 2.60. The lowest BCUT2D eigenvalue weighted by atomic mass is 10.2. The molecule has 4 N–H and O–H groups in total. The molecular weight excluding hydrogens is 376 g/mol. The van der Waals surface area contributed by atoms with E-state index in [1.54, 1.807) is 6.07 Å². The Morgan fingerprint density at radius 1 is 1.30 bits per heavy atom. The number of hydrogen-bond donors (Lipinski definition) is 3. The summed E-state index contributed by atoms with van der Waals surface area (Å²) in [6.07, 6.45) is 1.94. The summed E-state index contributed by atoms with van der Waals surface area (Å²) in [4.78, 5) is 34.1. The summed E-state index contributed by atoms with van der Waals surface area (Å²) < 4.78 is 10.5. The lowest BCUT2D eigenvalue weighted by Crippen LogP contribution is -2.38. The topological polar surface area (TPSA) is 132 Å². The van der Waals surface area contributed by atoms with Crippen LogP contribution in [0.5, 0.6) is 5.75 Å².